The molecule has 70 valence electrons. The first-order valence-corrected chi connectivity index (χ1v) is 5.93. The molecule has 0 bridgehead atoms. The molecule has 0 amide bonds. The number of thiophene rings is 1. The third-order valence-corrected chi connectivity index (χ3v) is 4.28. The van der Waals surface area contributed by atoms with Crippen molar-refractivity contribution >= 4 is 44.0 Å². The van der Waals surface area contributed by atoms with Gasteiger partial charge in [0.1, 0.15) is 5.75 Å². The van der Waals surface area contributed by atoms with E-state index in [1.165, 1.54) is 11.3 Å². The molecule has 0 aliphatic carbocycles. The van der Waals surface area contributed by atoms with Gasteiger partial charge >= 0.3 is 0 Å². The van der Waals surface area contributed by atoms with E-state index in [2.05, 4.69) is 28.7 Å². The summed E-state index contributed by atoms with van der Waals surface area (Å²) in [7, 11) is 0. The van der Waals surface area contributed by atoms with E-state index in [1.807, 2.05) is 11.4 Å². The van der Waals surface area contributed by atoms with E-state index >= 15 is 0 Å². The number of nitriles is 1. The fraction of sp³-hybridized carbons (Fsp3) is 0.100. The van der Waals surface area contributed by atoms with Crippen molar-refractivity contribution in [3.8, 4) is 11.8 Å². The van der Waals surface area contributed by atoms with Gasteiger partial charge in [0.05, 0.1) is 17.2 Å². The van der Waals surface area contributed by atoms with Crippen molar-refractivity contribution in [3.63, 3.8) is 0 Å². The summed E-state index contributed by atoms with van der Waals surface area (Å²) in [4.78, 5) is 0. The lowest BCUT2D eigenvalue weighted by Gasteiger charge is -1.99. The summed E-state index contributed by atoms with van der Waals surface area (Å²) in [6, 6.07) is 5.71. The van der Waals surface area contributed by atoms with Gasteiger partial charge in [-0.15, -0.1) is 11.3 Å². The van der Waals surface area contributed by atoms with Crippen LogP contribution in [0.15, 0.2) is 17.5 Å². The summed E-state index contributed by atoms with van der Waals surface area (Å²) < 4.78 is 2.02. The highest BCUT2D eigenvalue weighted by atomic mass is 127. The van der Waals surface area contributed by atoms with Gasteiger partial charge in [-0.25, -0.2) is 0 Å². The monoisotopic (exact) mass is 315 g/mol. The van der Waals surface area contributed by atoms with Crippen LogP contribution in [-0.4, -0.2) is 5.11 Å². The molecule has 0 atom stereocenters. The Morgan fingerprint density at radius 1 is 1.50 bits per heavy atom. The lowest BCUT2D eigenvalue weighted by Crippen LogP contribution is -1.81. The third kappa shape index (κ3) is 1.57. The normalized spacial score (nSPS) is 10.3. The molecule has 2 nitrogen and oxygen atoms in total. The van der Waals surface area contributed by atoms with E-state index in [0.717, 1.165) is 19.2 Å². The van der Waals surface area contributed by atoms with Gasteiger partial charge < -0.3 is 5.11 Å². The Kier molecular flexibility index (Phi) is 2.61. The topological polar surface area (TPSA) is 44.0 Å². The van der Waals surface area contributed by atoms with E-state index in [4.69, 9.17) is 5.26 Å². The van der Waals surface area contributed by atoms with Crippen molar-refractivity contribution in [3.05, 3.63) is 26.6 Å². The van der Waals surface area contributed by atoms with Crippen molar-refractivity contribution in [2.75, 3.05) is 0 Å². The third-order valence-electron chi connectivity index (χ3n) is 1.95. The highest BCUT2D eigenvalue weighted by Crippen LogP contribution is 2.35. The van der Waals surface area contributed by atoms with E-state index in [-0.39, 0.29) is 5.75 Å². The maximum absolute atomic E-state index is 9.69. The second-order valence-corrected chi connectivity index (χ2v) is 4.95. The minimum absolute atomic E-state index is 0.278. The molecule has 0 aliphatic heterocycles. The molecule has 0 radical (unpaired) electrons. The minimum Gasteiger partial charge on any atom is -0.506 e. The maximum Gasteiger partial charge on any atom is 0.133 e. The molecular weight excluding hydrogens is 309 g/mol. The molecule has 0 spiro atoms. The number of phenolic OH excluding ortho intramolecular Hbond substituents is 1. The molecule has 4 heteroatoms. The van der Waals surface area contributed by atoms with Crippen LogP contribution in [0.4, 0.5) is 0 Å². The summed E-state index contributed by atoms with van der Waals surface area (Å²) >= 11 is 3.76. The lowest BCUT2D eigenvalue weighted by atomic mass is 10.1. The van der Waals surface area contributed by atoms with Crippen LogP contribution in [0, 0.1) is 14.9 Å². The highest BCUT2D eigenvalue weighted by Gasteiger charge is 2.07. The summed E-state index contributed by atoms with van der Waals surface area (Å²) in [5.41, 5.74) is 0.869. The second-order valence-electron chi connectivity index (χ2n) is 2.91. The number of nitrogens with zero attached hydrogens (tertiary/aromatic N) is 1. The molecule has 1 N–H and O–H groups in total. The zero-order valence-electron chi connectivity index (χ0n) is 7.12. The summed E-state index contributed by atoms with van der Waals surface area (Å²) in [5.74, 6) is 0.278. The number of halogens is 1. The summed E-state index contributed by atoms with van der Waals surface area (Å²) in [5, 5.41) is 21.3. The Balaban J connectivity index is 2.70. The van der Waals surface area contributed by atoms with Gasteiger partial charge in [0, 0.05) is 14.3 Å². The van der Waals surface area contributed by atoms with Gasteiger partial charge in [-0.05, 0) is 40.3 Å². The summed E-state index contributed by atoms with van der Waals surface area (Å²) in [6.45, 7) is 0. The first-order chi connectivity index (χ1) is 6.72. The predicted molar refractivity (Wildman–Crippen MR) is 65.5 cm³/mol. The predicted octanol–water partition coefficient (Wildman–Crippen LogP) is 3.28. The Bertz CT molecular complexity index is 527. The van der Waals surface area contributed by atoms with E-state index in [0.29, 0.717) is 6.42 Å². The minimum atomic E-state index is 0.278. The molecule has 0 saturated carbocycles. The first kappa shape index (κ1) is 9.74. The molecule has 14 heavy (non-hydrogen) atoms. The van der Waals surface area contributed by atoms with Crippen LogP contribution in [0.2, 0.25) is 0 Å². The molecule has 0 fully saturated rings. The zero-order chi connectivity index (χ0) is 10.1. The van der Waals surface area contributed by atoms with Crippen LogP contribution in [0.25, 0.3) is 10.1 Å². The Hall–Kier alpha value is -0.800. The number of phenols is 1. The smallest absolute Gasteiger partial charge is 0.133 e. The molecule has 2 aromatic rings. The number of hydrogen-bond donors (Lipinski definition) is 1. The van der Waals surface area contributed by atoms with Crippen molar-refractivity contribution in [1.82, 2.24) is 0 Å². The van der Waals surface area contributed by atoms with Crippen molar-refractivity contribution in [2.45, 2.75) is 6.42 Å². The molecule has 1 aromatic heterocycles. The fourth-order valence-corrected chi connectivity index (χ4v) is 3.15. The number of hydrogen-bond acceptors (Lipinski definition) is 3. The number of benzene rings is 1. The van der Waals surface area contributed by atoms with Crippen molar-refractivity contribution in [2.24, 2.45) is 0 Å². The standard InChI is InChI=1S/C10H6INOS/c11-8-5-14-10-7(8)3-6(1-2-12)4-9(10)13/h3-5,13H,1H2. The molecule has 2 rings (SSSR count). The van der Waals surface area contributed by atoms with Gasteiger partial charge in [0.2, 0.25) is 0 Å². The number of rotatable bonds is 1. The molecule has 0 unspecified atom stereocenters. The van der Waals surface area contributed by atoms with Crippen molar-refractivity contribution in [1.29, 1.82) is 5.26 Å². The zero-order valence-corrected chi connectivity index (χ0v) is 10.1. The first-order valence-electron chi connectivity index (χ1n) is 3.98. The lowest BCUT2D eigenvalue weighted by molar-refractivity contribution is 0.482. The second kappa shape index (κ2) is 3.75. The largest absolute Gasteiger partial charge is 0.506 e. The van der Waals surface area contributed by atoms with Crippen LogP contribution in [-0.2, 0) is 6.42 Å². The maximum atomic E-state index is 9.69. The Morgan fingerprint density at radius 3 is 3.00 bits per heavy atom. The quantitative estimate of drug-likeness (QED) is 0.821. The Labute approximate surface area is 98.9 Å². The average Bonchev–Trinajstić information content (AvgIpc) is 2.49. The number of aromatic hydroxyl groups is 1. The van der Waals surface area contributed by atoms with Gasteiger partial charge in [-0.3, -0.25) is 0 Å². The highest BCUT2D eigenvalue weighted by molar-refractivity contribution is 14.1. The van der Waals surface area contributed by atoms with Crippen LogP contribution in [0.1, 0.15) is 5.56 Å². The molecular formula is C10H6INOS. The van der Waals surface area contributed by atoms with Gasteiger partial charge in [0.15, 0.2) is 0 Å². The number of fused-ring (bicyclic) bond motifs is 1. The Morgan fingerprint density at radius 2 is 2.29 bits per heavy atom. The van der Waals surface area contributed by atoms with E-state index in [1.54, 1.807) is 6.07 Å². The van der Waals surface area contributed by atoms with Crippen LogP contribution in [0.3, 0.4) is 0 Å². The van der Waals surface area contributed by atoms with Crippen molar-refractivity contribution < 1.29 is 5.11 Å². The van der Waals surface area contributed by atoms with Gasteiger partial charge in [-0.2, -0.15) is 5.26 Å². The van der Waals surface area contributed by atoms with Gasteiger partial charge in [-0.1, -0.05) is 0 Å². The molecule has 0 aliphatic rings. The van der Waals surface area contributed by atoms with Crippen LogP contribution in [0.5, 0.6) is 5.75 Å². The van der Waals surface area contributed by atoms with E-state index < -0.39 is 0 Å². The summed E-state index contributed by atoms with van der Waals surface area (Å²) in [6.07, 6.45) is 0.343. The molecule has 1 heterocycles. The van der Waals surface area contributed by atoms with Crippen LogP contribution < -0.4 is 0 Å². The average molecular weight is 315 g/mol. The molecule has 0 saturated heterocycles. The van der Waals surface area contributed by atoms with E-state index in [9.17, 15) is 5.11 Å². The fourth-order valence-electron chi connectivity index (χ4n) is 1.34. The molecule has 1 aromatic carbocycles. The van der Waals surface area contributed by atoms with Crippen LogP contribution >= 0.6 is 33.9 Å². The van der Waals surface area contributed by atoms with Gasteiger partial charge in [0.25, 0.3) is 0 Å². The SMILES string of the molecule is N#CCc1cc(O)c2scc(I)c2c1.